The lowest BCUT2D eigenvalue weighted by Crippen LogP contribution is -2.16. The standard InChI is InChI=1S/C12H16O4/c1-2-15-8-11(9-16-12(13)14)10-6-4-3-5-7-10/h3-7,11H,2,8-9H2,1H3,(H,13,14). The van der Waals surface area contributed by atoms with E-state index in [1.165, 1.54) is 0 Å². The zero-order valence-electron chi connectivity index (χ0n) is 9.26. The average molecular weight is 224 g/mol. The van der Waals surface area contributed by atoms with E-state index in [9.17, 15) is 4.79 Å². The van der Waals surface area contributed by atoms with Crippen LogP contribution in [0.5, 0.6) is 0 Å². The fraction of sp³-hybridized carbons (Fsp3) is 0.417. The second-order valence-electron chi connectivity index (χ2n) is 3.34. The van der Waals surface area contributed by atoms with E-state index in [-0.39, 0.29) is 12.5 Å². The lowest BCUT2D eigenvalue weighted by atomic mass is 10.0. The number of benzene rings is 1. The summed E-state index contributed by atoms with van der Waals surface area (Å²) in [7, 11) is 0. The largest absolute Gasteiger partial charge is 0.505 e. The molecular formula is C12H16O4. The molecule has 1 N–H and O–H groups in total. The maximum absolute atomic E-state index is 10.3. The molecule has 0 heterocycles. The molecule has 0 bridgehead atoms. The first-order valence-electron chi connectivity index (χ1n) is 5.22. The molecule has 0 spiro atoms. The second-order valence-corrected chi connectivity index (χ2v) is 3.34. The highest BCUT2D eigenvalue weighted by Gasteiger charge is 2.13. The van der Waals surface area contributed by atoms with Gasteiger partial charge < -0.3 is 14.6 Å². The van der Waals surface area contributed by atoms with E-state index < -0.39 is 6.16 Å². The van der Waals surface area contributed by atoms with Gasteiger partial charge in [0.15, 0.2) is 0 Å². The molecule has 0 amide bonds. The van der Waals surface area contributed by atoms with Crippen LogP contribution in [0.25, 0.3) is 0 Å². The molecule has 1 aromatic rings. The Bertz CT molecular complexity index is 310. The van der Waals surface area contributed by atoms with Crippen LogP contribution >= 0.6 is 0 Å². The summed E-state index contributed by atoms with van der Waals surface area (Å²) in [6.07, 6.45) is -1.25. The third kappa shape index (κ3) is 4.31. The van der Waals surface area contributed by atoms with E-state index in [0.29, 0.717) is 13.2 Å². The van der Waals surface area contributed by atoms with Crippen molar-refractivity contribution in [3.8, 4) is 0 Å². The van der Waals surface area contributed by atoms with E-state index in [0.717, 1.165) is 5.56 Å². The van der Waals surface area contributed by atoms with Crippen LogP contribution < -0.4 is 0 Å². The molecule has 1 rings (SSSR count). The van der Waals surface area contributed by atoms with Crippen LogP contribution in [-0.2, 0) is 9.47 Å². The van der Waals surface area contributed by atoms with E-state index >= 15 is 0 Å². The Kier molecular flexibility index (Phi) is 5.36. The highest BCUT2D eigenvalue weighted by molar-refractivity contribution is 5.56. The van der Waals surface area contributed by atoms with Crippen LogP contribution in [0.2, 0.25) is 0 Å². The second kappa shape index (κ2) is 6.85. The first-order chi connectivity index (χ1) is 7.74. The molecule has 16 heavy (non-hydrogen) atoms. The molecule has 1 aromatic carbocycles. The SMILES string of the molecule is CCOCC(COC(=O)O)c1ccccc1. The fourth-order valence-corrected chi connectivity index (χ4v) is 1.40. The van der Waals surface area contributed by atoms with Gasteiger partial charge in [0.25, 0.3) is 0 Å². The van der Waals surface area contributed by atoms with E-state index in [4.69, 9.17) is 9.84 Å². The van der Waals surface area contributed by atoms with Crippen molar-refractivity contribution in [3.63, 3.8) is 0 Å². The van der Waals surface area contributed by atoms with Crippen LogP contribution in [0.3, 0.4) is 0 Å². The van der Waals surface area contributed by atoms with E-state index in [1.54, 1.807) is 0 Å². The Morgan fingerprint density at radius 1 is 1.31 bits per heavy atom. The van der Waals surface area contributed by atoms with Crippen molar-refractivity contribution in [1.82, 2.24) is 0 Å². The van der Waals surface area contributed by atoms with Crippen molar-refractivity contribution in [2.75, 3.05) is 19.8 Å². The summed E-state index contributed by atoms with van der Waals surface area (Å²) < 4.78 is 9.90. The molecule has 0 aromatic heterocycles. The van der Waals surface area contributed by atoms with Gasteiger partial charge in [0.2, 0.25) is 0 Å². The van der Waals surface area contributed by atoms with Gasteiger partial charge in [-0.05, 0) is 12.5 Å². The molecular weight excluding hydrogens is 208 g/mol. The fourth-order valence-electron chi connectivity index (χ4n) is 1.40. The molecule has 0 aliphatic heterocycles. The summed E-state index contributed by atoms with van der Waals surface area (Å²) >= 11 is 0. The van der Waals surface area contributed by atoms with Crippen molar-refractivity contribution in [1.29, 1.82) is 0 Å². The van der Waals surface area contributed by atoms with Crippen molar-refractivity contribution < 1.29 is 19.4 Å². The summed E-state index contributed by atoms with van der Waals surface area (Å²) in [6, 6.07) is 9.62. The van der Waals surface area contributed by atoms with E-state index in [1.807, 2.05) is 37.3 Å². The van der Waals surface area contributed by atoms with Gasteiger partial charge in [0, 0.05) is 12.5 Å². The van der Waals surface area contributed by atoms with Gasteiger partial charge in [0.05, 0.1) is 6.61 Å². The minimum atomic E-state index is -1.25. The average Bonchev–Trinajstić information content (AvgIpc) is 2.30. The Balaban J connectivity index is 2.59. The monoisotopic (exact) mass is 224 g/mol. The molecule has 1 atom stereocenters. The molecule has 0 fully saturated rings. The van der Waals surface area contributed by atoms with Crippen molar-refractivity contribution in [2.45, 2.75) is 12.8 Å². The molecule has 0 aliphatic carbocycles. The molecule has 4 heteroatoms. The summed E-state index contributed by atoms with van der Waals surface area (Å²) in [5, 5.41) is 8.47. The number of ether oxygens (including phenoxy) is 2. The minimum Gasteiger partial charge on any atom is -0.450 e. The van der Waals surface area contributed by atoms with Gasteiger partial charge >= 0.3 is 6.16 Å². The number of rotatable bonds is 6. The van der Waals surface area contributed by atoms with Gasteiger partial charge in [-0.2, -0.15) is 0 Å². The van der Waals surface area contributed by atoms with Crippen LogP contribution in [-0.4, -0.2) is 31.1 Å². The smallest absolute Gasteiger partial charge is 0.450 e. The highest BCUT2D eigenvalue weighted by Crippen LogP contribution is 2.16. The zero-order chi connectivity index (χ0) is 11.8. The maximum atomic E-state index is 10.3. The maximum Gasteiger partial charge on any atom is 0.505 e. The molecule has 0 saturated heterocycles. The number of carboxylic acid groups (broad SMARTS) is 1. The topological polar surface area (TPSA) is 55.8 Å². The lowest BCUT2D eigenvalue weighted by molar-refractivity contribution is 0.0641. The molecule has 4 nitrogen and oxygen atoms in total. The van der Waals surface area contributed by atoms with Crippen LogP contribution in [0.1, 0.15) is 18.4 Å². The van der Waals surface area contributed by atoms with Crippen molar-refractivity contribution >= 4 is 6.16 Å². The first kappa shape index (κ1) is 12.5. The molecule has 0 saturated carbocycles. The van der Waals surface area contributed by atoms with Crippen LogP contribution in [0.15, 0.2) is 30.3 Å². The molecule has 1 unspecified atom stereocenters. The summed E-state index contributed by atoms with van der Waals surface area (Å²) in [4.78, 5) is 10.3. The molecule has 88 valence electrons. The van der Waals surface area contributed by atoms with E-state index in [2.05, 4.69) is 4.74 Å². The molecule has 0 radical (unpaired) electrons. The Morgan fingerprint density at radius 2 is 2.00 bits per heavy atom. The van der Waals surface area contributed by atoms with Gasteiger partial charge in [0.1, 0.15) is 6.61 Å². The predicted molar refractivity (Wildman–Crippen MR) is 59.7 cm³/mol. The highest BCUT2D eigenvalue weighted by atomic mass is 16.7. The van der Waals surface area contributed by atoms with Crippen LogP contribution in [0, 0.1) is 0 Å². The quantitative estimate of drug-likeness (QED) is 0.754. The van der Waals surface area contributed by atoms with Crippen molar-refractivity contribution in [2.24, 2.45) is 0 Å². The Hall–Kier alpha value is -1.55. The van der Waals surface area contributed by atoms with Gasteiger partial charge in [-0.25, -0.2) is 4.79 Å². The third-order valence-electron chi connectivity index (χ3n) is 2.20. The Labute approximate surface area is 94.8 Å². The minimum absolute atomic E-state index is 0.0442. The van der Waals surface area contributed by atoms with Gasteiger partial charge in [-0.1, -0.05) is 30.3 Å². The zero-order valence-corrected chi connectivity index (χ0v) is 9.26. The number of hydrogen-bond acceptors (Lipinski definition) is 3. The van der Waals surface area contributed by atoms with Crippen molar-refractivity contribution in [3.05, 3.63) is 35.9 Å². The Morgan fingerprint density at radius 3 is 2.56 bits per heavy atom. The molecule has 0 aliphatic rings. The van der Waals surface area contributed by atoms with Gasteiger partial charge in [-0.3, -0.25) is 0 Å². The number of hydrogen-bond donors (Lipinski definition) is 1. The first-order valence-corrected chi connectivity index (χ1v) is 5.22. The number of carbonyl (C=O) groups is 1. The van der Waals surface area contributed by atoms with Gasteiger partial charge in [-0.15, -0.1) is 0 Å². The third-order valence-corrected chi connectivity index (χ3v) is 2.20. The normalized spacial score (nSPS) is 12.1. The summed E-state index contributed by atoms with van der Waals surface area (Å²) in [5.41, 5.74) is 1.03. The predicted octanol–water partition coefficient (Wildman–Crippen LogP) is 2.50. The lowest BCUT2D eigenvalue weighted by Gasteiger charge is -2.16. The summed E-state index contributed by atoms with van der Waals surface area (Å²) in [5.74, 6) is -0.0442. The summed E-state index contributed by atoms with van der Waals surface area (Å²) in [6.45, 7) is 3.10. The van der Waals surface area contributed by atoms with Crippen LogP contribution in [0.4, 0.5) is 4.79 Å².